The number of benzene rings is 1. The summed E-state index contributed by atoms with van der Waals surface area (Å²) in [6.45, 7) is 3.91. The Labute approximate surface area is 182 Å². The maximum atomic E-state index is 13.5. The molecule has 0 fully saturated rings. The largest absolute Gasteiger partial charge is 0.497 e. The molecule has 1 N–H and O–H groups in total. The van der Waals surface area contributed by atoms with E-state index in [1.54, 1.807) is 26.4 Å². The Morgan fingerprint density at radius 1 is 1.19 bits per heavy atom. The Morgan fingerprint density at radius 3 is 2.71 bits per heavy atom. The SMILES string of the molecule is CCOC(=O)C1=C(C)NC2=C(C(=O)C[C@H](c3cccc(OC)c3)C2)[C@@H]1c1cccnc1. The molecule has 0 radical (unpaired) electrons. The van der Waals surface area contributed by atoms with Crippen molar-refractivity contribution in [3.8, 4) is 5.75 Å². The van der Waals surface area contributed by atoms with Crippen LogP contribution in [0.5, 0.6) is 5.75 Å². The van der Waals surface area contributed by atoms with Crippen LogP contribution in [0.4, 0.5) is 0 Å². The molecule has 2 aliphatic rings. The number of hydrogen-bond acceptors (Lipinski definition) is 6. The van der Waals surface area contributed by atoms with Gasteiger partial charge in [0.2, 0.25) is 0 Å². The summed E-state index contributed by atoms with van der Waals surface area (Å²) in [6.07, 6.45) is 4.45. The van der Waals surface area contributed by atoms with Crippen LogP contribution in [0, 0.1) is 0 Å². The topological polar surface area (TPSA) is 77.5 Å². The van der Waals surface area contributed by atoms with Gasteiger partial charge in [-0.05, 0) is 55.5 Å². The first-order chi connectivity index (χ1) is 15.0. The molecule has 2 aromatic rings. The Balaban J connectivity index is 1.77. The van der Waals surface area contributed by atoms with Gasteiger partial charge in [-0.3, -0.25) is 9.78 Å². The first-order valence-electron chi connectivity index (χ1n) is 10.5. The minimum atomic E-state index is -0.484. The summed E-state index contributed by atoms with van der Waals surface area (Å²) < 4.78 is 10.7. The molecule has 1 aliphatic heterocycles. The van der Waals surface area contributed by atoms with Crippen LogP contribution in [-0.4, -0.2) is 30.5 Å². The number of allylic oxidation sites excluding steroid dienone is 3. The normalized spacial score (nSPS) is 20.8. The summed E-state index contributed by atoms with van der Waals surface area (Å²) in [6, 6.07) is 11.6. The minimum absolute atomic E-state index is 0.0321. The number of ether oxygens (including phenoxy) is 2. The monoisotopic (exact) mass is 418 g/mol. The number of hydrogen-bond donors (Lipinski definition) is 1. The van der Waals surface area contributed by atoms with Gasteiger partial charge in [0.25, 0.3) is 0 Å². The third kappa shape index (κ3) is 3.98. The van der Waals surface area contributed by atoms with Crippen molar-refractivity contribution in [2.75, 3.05) is 13.7 Å². The fourth-order valence-electron chi connectivity index (χ4n) is 4.53. The number of methoxy groups -OCH3 is 1. The number of rotatable bonds is 5. The van der Waals surface area contributed by atoms with E-state index in [1.165, 1.54) is 0 Å². The molecule has 160 valence electrons. The Morgan fingerprint density at radius 2 is 2.00 bits per heavy atom. The molecular formula is C25H26N2O4. The molecule has 0 amide bonds. The fourth-order valence-corrected chi connectivity index (χ4v) is 4.53. The van der Waals surface area contributed by atoms with E-state index in [-0.39, 0.29) is 18.3 Å². The number of aromatic nitrogens is 1. The van der Waals surface area contributed by atoms with Crippen LogP contribution in [-0.2, 0) is 14.3 Å². The maximum Gasteiger partial charge on any atom is 0.336 e. The predicted octanol–water partition coefficient (Wildman–Crippen LogP) is 4.01. The minimum Gasteiger partial charge on any atom is -0.497 e. The van der Waals surface area contributed by atoms with Gasteiger partial charge in [-0.1, -0.05) is 18.2 Å². The van der Waals surface area contributed by atoms with Gasteiger partial charge in [0.05, 0.1) is 19.3 Å². The summed E-state index contributed by atoms with van der Waals surface area (Å²) >= 11 is 0. The molecule has 1 aromatic carbocycles. The molecule has 1 aromatic heterocycles. The van der Waals surface area contributed by atoms with Gasteiger partial charge >= 0.3 is 5.97 Å². The van der Waals surface area contributed by atoms with Crippen molar-refractivity contribution in [3.63, 3.8) is 0 Å². The standard InChI is InChI=1S/C25H26N2O4/c1-4-31-25(29)22-15(2)27-20-12-18(16-7-5-9-19(11-16)30-3)13-21(28)24(20)23(22)17-8-6-10-26-14-17/h5-11,14,18,23,27H,4,12-13H2,1-3H3/t18-,23-/m1/s1. The molecule has 6 heteroatoms. The summed E-state index contributed by atoms with van der Waals surface area (Å²) in [5, 5.41) is 3.35. The van der Waals surface area contributed by atoms with E-state index in [2.05, 4.69) is 10.3 Å². The zero-order valence-electron chi connectivity index (χ0n) is 18.0. The third-order valence-electron chi connectivity index (χ3n) is 5.91. The number of ketones is 1. The summed E-state index contributed by atoms with van der Waals surface area (Å²) in [4.78, 5) is 30.5. The van der Waals surface area contributed by atoms with Gasteiger partial charge in [-0.2, -0.15) is 0 Å². The van der Waals surface area contributed by atoms with Gasteiger partial charge in [0.15, 0.2) is 5.78 Å². The second kappa shape index (κ2) is 8.76. The maximum absolute atomic E-state index is 13.5. The molecular weight excluding hydrogens is 392 g/mol. The van der Waals surface area contributed by atoms with Gasteiger partial charge in [-0.15, -0.1) is 0 Å². The van der Waals surface area contributed by atoms with Crippen LogP contribution in [0.2, 0.25) is 0 Å². The lowest BCUT2D eigenvalue weighted by Crippen LogP contribution is -2.36. The van der Waals surface area contributed by atoms with E-state index < -0.39 is 11.9 Å². The van der Waals surface area contributed by atoms with Gasteiger partial charge < -0.3 is 14.8 Å². The average Bonchev–Trinajstić information content (AvgIpc) is 2.78. The molecule has 0 saturated carbocycles. The summed E-state index contributed by atoms with van der Waals surface area (Å²) in [5.74, 6) is -0.0429. The second-order valence-corrected chi connectivity index (χ2v) is 7.80. The number of pyridine rings is 1. The highest BCUT2D eigenvalue weighted by Gasteiger charge is 2.41. The average molecular weight is 418 g/mol. The Hall–Kier alpha value is -3.41. The quantitative estimate of drug-likeness (QED) is 0.739. The smallest absolute Gasteiger partial charge is 0.336 e. The van der Waals surface area contributed by atoms with Crippen LogP contribution >= 0.6 is 0 Å². The Kier molecular flexibility index (Phi) is 5.89. The number of carbonyl (C=O) groups excluding carboxylic acids is 2. The number of carbonyl (C=O) groups is 2. The van der Waals surface area contributed by atoms with Crippen molar-refractivity contribution in [3.05, 3.63) is 82.5 Å². The molecule has 1 aliphatic carbocycles. The van der Waals surface area contributed by atoms with Crippen LogP contribution in [0.1, 0.15) is 49.7 Å². The van der Waals surface area contributed by atoms with Gasteiger partial charge in [-0.25, -0.2) is 4.79 Å². The van der Waals surface area contributed by atoms with Crippen molar-refractivity contribution in [1.82, 2.24) is 10.3 Å². The molecule has 0 bridgehead atoms. The van der Waals surface area contributed by atoms with E-state index in [0.29, 0.717) is 29.7 Å². The van der Waals surface area contributed by atoms with Crippen molar-refractivity contribution >= 4 is 11.8 Å². The first-order valence-corrected chi connectivity index (χ1v) is 10.5. The number of nitrogens with one attached hydrogen (secondary N) is 1. The highest BCUT2D eigenvalue weighted by atomic mass is 16.5. The molecule has 2 atom stereocenters. The Bertz CT molecular complexity index is 1070. The van der Waals surface area contributed by atoms with Crippen LogP contribution < -0.4 is 10.1 Å². The lowest BCUT2D eigenvalue weighted by Gasteiger charge is -2.36. The predicted molar refractivity (Wildman–Crippen MR) is 116 cm³/mol. The number of nitrogens with zero attached hydrogens (tertiary/aromatic N) is 1. The summed E-state index contributed by atoms with van der Waals surface area (Å²) in [7, 11) is 1.64. The van der Waals surface area contributed by atoms with Crippen LogP contribution in [0.3, 0.4) is 0 Å². The second-order valence-electron chi connectivity index (χ2n) is 7.80. The molecule has 31 heavy (non-hydrogen) atoms. The molecule has 4 rings (SSSR count). The first kappa shape index (κ1) is 20.8. The van der Waals surface area contributed by atoms with Crippen molar-refractivity contribution in [2.24, 2.45) is 0 Å². The van der Waals surface area contributed by atoms with E-state index >= 15 is 0 Å². The van der Waals surface area contributed by atoms with Gasteiger partial charge in [0, 0.05) is 41.7 Å². The molecule has 0 unspecified atom stereocenters. The zero-order chi connectivity index (χ0) is 22.0. The van der Waals surface area contributed by atoms with Crippen molar-refractivity contribution < 1.29 is 19.1 Å². The molecule has 0 spiro atoms. The number of Topliss-reactive ketones (excluding diaryl/α,β-unsaturated/α-hetero) is 1. The molecule has 0 saturated heterocycles. The highest BCUT2D eigenvalue weighted by Crippen LogP contribution is 2.45. The van der Waals surface area contributed by atoms with Crippen LogP contribution in [0.15, 0.2) is 71.3 Å². The zero-order valence-corrected chi connectivity index (χ0v) is 18.0. The van der Waals surface area contributed by atoms with E-state index in [1.807, 2.05) is 43.3 Å². The van der Waals surface area contributed by atoms with Gasteiger partial charge in [0.1, 0.15) is 5.75 Å². The number of esters is 1. The van der Waals surface area contributed by atoms with Crippen molar-refractivity contribution in [1.29, 1.82) is 0 Å². The fraction of sp³-hybridized carbons (Fsp3) is 0.320. The summed E-state index contributed by atoms with van der Waals surface area (Å²) in [5.41, 5.74) is 4.57. The van der Waals surface area contributed by atoms with Crippen LogP contribution in [0.25, 0.3) is 0 Å². The highest BCUT2D eigenvalue weighted by molar-refractivity contribution is 6.04. The van der Waals surface area contributed by atoms with E-state index in [4.69, 9.17) is 9.47 Å². The number of dihydropyridines is 1. The van der Waals surface area contributed by atoms with E-state index in [9.17, 15) is 9.59 Å². The third-order valence-corrected chi connectivity index (χ3v) is 5.91. The molecule has 6 nitrogen and oxygen atoms in total. The molecule has 2 heterocycles. The lowest BCUT2D eigenvalue weighted by molar-refractivity contribution is -0.138. The lowest BCUT2D eigenvalue weighted by atomic mass is 9.72. The van der Waals surface area contributed by atoms with Crippen molar-refractivity contribution in [2.45, 2.75) is 38.5 Å². The van der Waals surface area contributed by atoms with E-state index in [0.717, 1.165) is 22.6 Å².